The van der Waals surface area contributed by atoms with Crippen LogP contribution in [0.3, 0.4) is 0 Å². The molecule has 1 N–H and O–H groups in total. The van der Waals surface area contributed by atoms with Crippen molar-refractivity contribution >= 4 is 27.5 Å². The lowest BCUT2D eigenvalue weighted by atomic mass is 10.0. The van der Waals surface area contributed by atoms with Crippen LogP contribution in [0, 0.1) is 0 Å². The average Bonchev–Trinajstić information content (AvgIpc) is 2.99. The molecule has 220 valence electrons. The fourth-order valence-corrected chi connectivity index (χ4v) is 5.76. The van der Waals surface area contributed by atoms with Gasteiger partial charge >= 0.3 is 0 Å². The highest BCUT2D eigenvalue weighted by atomic mass is 32.2. The molecule has 0 bridgehead atoms. The Kier molecular flexibility index (Phi) is 11.3. The molecule has 1 atom stereocenters. The number of nitrogens with one attached hydrogen (secondary N) is 1. The van der Waals surface area contributed by atoms with Gasteiger partial charge in [0.2, 0.25) is 11.8 Å². The number of nitrogens with zero attached hydrogens (tertiary/aromatic N) is 2. The Bertz CT molecular complexity index is 1380. The number of ether oxygens (including phenoxy) is 1. The predicted octanol–water partition coefficient (Wildman–Crippen LogP) is 5.35. The lowest BCUT2D eigenvalue weighted by Gasteiger charge is -2.32. The highest BCUT2D eigenvalue weighted by molar-refractivity contribution is 7.92. The van der Waals surface area contributed by atoms with Gasteiger partial charge in [-0.25, -0.2) is 8.42 Å². The average molecular weight is 580 g/mol. The third-order valence-corrected chi connectivity index (χ3v) is 8.75. The third kappa shape index (κ3) is 8.33. The van der Waals surface area contributed by atoms with Gasteiger partial charge in [0, 0.05) is 13.1 Å². The minimum absolute atomic E-state index is 0.0767. The summed E-state index contributed by atoms with van der Waals surface area (Å²) in [6.07, 6.45) is 1.74. The lowest BCUT2D eigenvalue weighted by molar-refractivity contribution is -0.139. The molecule has 0 unspecified atom stereocenters. The molecule has 8 nitrogen and oxygen atoms in total. The van der Waals surface area contributed by atoms with Crippen molar-refractivity contribution in [1.29, 1.82) is 0 Å². The zero-order valence-corrected chi connectivity index (χ0v) is 25.4. The number of hydrogen-bond donors (Lipinski definition) is 1. The van der Waals surface area contributed by atoms with Crippen LogP contribution < -0.4 is 14.4 Å². The van der Waals surface area contributed by atoms with Gasteiger partial charge in [0.15, 0.2) is 0 Å². The minimum Gasteiger partial charge on any atom is -0.497 e. The Hall–Kier alpha value is -3.85. The SMILES string of the molecule is CCCCNC(=O)[C@H](C)N(Cc1ccc(OC)cc1)C(=O)CN(c1ccc(C(C)C)cc1)S(=O)(=O)c1ccccc1. The first-order chi connectivity index (χ1) is 19.6. The highest BCUT2D eigenvalue weighted by Crippen LogP contribution is 2.26. The number of methoxy groups -OCH3 is 1. The molecule has 0 saturated carbocycles. The van der Waals surface area contributed by atoms with Crippen molar-refractivity contribution in [2.75, 3.05) is 24.5 Å². The van der Waals surface area contributed by atoms with Crippen molar-refractivity contribution in [3.05, 3.63) is 90.0 Å². The van der Waals surface area contributed by atoms with E-state index < -0.39 is 28.5 Å². The molecule has 3 aromatic rings. The summed E-state index contributed by atoms with van der Waals surface area (Å²) in [5.41, 5.74) is 2.21. The van der Waals surface area contributed by atoms with Gasteiger partial charge in [0.25, 0.3) is 10.0 Å². The van der Waals surface area contributed by atoms with Gasteiger partial charge in [0.1, 0.15) is 18.3 Å². The number of anilines is 1. The zero-order valence-electron chi connectivity index (χ0n) is 24.5. The van der Waals surface area contributed by atoms with E-state index >= 15 is 0 Å². The van der Waals surface area contributed by atoms with Gasteiger partial charge in [-0.05, 0) is 66.8 Å². The van der Waals surface area contributed by atoms with Crippen LogP contribution in [0.2, 0.25) is 0 Å². The number of sulfonamides is 1. The monoisotopic (exact) mass is 579 g/mol. The van der Waals surface area contributed by atoms with E-state index in [9.17, 15) is 18.0 Å². The number of carbonyl (C=O) groups excluding carboxylic acids is 2. The molecule has 0 spiro atoms. The van der Waals surface area contributed by atoms with Crippen molar-refractivity contribution in [1.82, 2.24) is 10.2 Å². The van der Waals surface area contributed by atoms with E-state index in [1.165, 1.54) is 17.0 Å². The molecule has 3 aromatic carbocycles. The van der Waals surface area contributed by atoms with E-state index in [2.05, 4.69) is 19.2 Å². The van der Waals surface area contributed by atoms with Crippen molar-refractivity contribution in [3.8, 4) is 5.75 Å². The van der Waals surface area contributed by atoms with E-state index in [4.69, 9.17) is 4.74 Å². The molecule has 0 heterocycles. The zero-order chi connectivity index (χ0) is 30.0. The number of amides is 2. The maximum Gasteiger partial charge on any atom is 0.264 e. The number of rotatable bonds is 14. The van der Waals surface area contributed by atoms with E-state index in [1.54, 1.807) is 56.5 Å². The quantitative estimate of drug-likeness (QED) is 0.260. The summed E-state index contributed by atoms with van der Waals surface area (Å²) in [6, 6.07) is 21.6. The van der Waals surface area contributed by atoms with Crippen LogP contribution in [0.1, 0.15) is 57.6 Å². The van der Waals surface area contributed by atoms with Crippen molar-refractivity contribution in [2.45, 2.75) is 63.9 Å². The number of carbonyl (C=O) groups is 2. The van der Waals surface area contributed by atoms with E-state index in [1.807, 2.05) is 31.2 Å². The Morgan fingerprint density at radius 1 is 0.902 bits per heavy atom. The molecule has 0 fully saturated rings. The van der Waals surface area contributed by atoms with Gasteiger partial charge < -0.3 is 15.0 Å². The molecule has 0 aliphatic rings. The fraction of sp³-hybridized carbons (Fsp3) is 0.375. The smallest absolute Gasteiger partial charge is 0.264 e. The molecular formula is C32H41N3O5S. The Morgan fingerprint density at radius 2 is 1.54 bits per heavy atom. The molecule has 41 heavy (non-hydrogen) atoms. The summed E-state index contributed by atoms with van der Waals surface area (Å²) in [5, 5.41) is 2.90. The Balaban J connectivity index is 1.99. The van der Waals surface area contributed by atoms with Crippen LogP contribution in [0.4, 0.5) is 5.69 Å². The first-order valence-electron chi connectivity index (χ1n) is 14.0. The van der Waals surface area contributed by atoms with Gasteiger partial charge in [0.05, 0.1) is 17.7 Å². The Morgan fingerprint density at radius 3 is 2.10 bits per heavy atom. The standard InChI is InChI=1S/C32H41N3O5S/c1-6-7-21-33-32(37)25(4)34(22-26-13-19-29(40-5)20-14-26)31(36)23-35(28-17-15-27(16-18-28)24(2)3)41(38,39)30-11-9-8-10-12-30/h8-20,24-25H,6-7,21-23H2,1-5H3,(H,33,37)/t25-/m0/s1. The minimum atomic E-state index is -4.09. The van der Waals surface area contributed by atoms with Gasteiger partial charge in [-0.1, -0.05) is 69.7 Å². The molecule has 0 aliphatic heterocycles. The van der Waals surface area contributed by atoms with E-state index in [0.717, 1.165) is 28.3 Å². The van der Waals surface area contributed by atoms with Crippen LogP contribution >= 0.6 is 0 Å². The van der Waals surface area contributed by atoms with Gasteiger partial charge in [-0.15, -0.1) is 0 Å². The first kappa shape index (κ1) is 31.7. The number of hydrogen-bond acceptors (Lipinski definition) is 5. The summed E-state index contributed by atoms with van der Waals surface area (Å²) >= 11 is 0. The largest absolute Gasteiger partial charge is 0.497 e. The summed E-state index contributed by atoms with van der Waals surface area (Å²) in [4.78, 5) is 28.6. The molecule has 0 radical (unpaired) electrons. The van der Waals surface area contributed by atoms with Gasteiger partial charge in [-0.2, -0.15) is 0 Å². The molecule has 0 aromatic heterocycles. The molecular weight excluding hydrogens is 538 g/mol. The molecule has 2 amide bonds. The normalized spacial score (nSPS) is 12.0. The summed E-state index contributed by atoms with van der Waals surface area (Å²) in [7, 11) is -2.52. The summed E-state index contributed by atoms with van der Waals surface area (Å²) in [6.45, 7) is 7.96. The first-order valence-corrected chi connectivity index (χ1v) is 15.4. The maximum atomic E-state index is 14.0. The van der Waals surface area contributed by atoms with Crippen LogP contribution in [0.5, 0.6) is 5.75 Å². The van der Waals surface area contributed by atoms with Crippen molar-refractivity contribution in [2.24, 2.45) is 0 Å². The molecule has 3 rings (SSSR count). The van der Waals surface area contributed by atoms with Crippen LogP contribution in [0.25, 0.3) is 0 Å². The van der Waals surface area contributed by atoms with Crippen molar-refractivity contribution in [3.63, 3.8) is 0 Å². The van der Waals surface area contributed by atoms with Crippen LogP contribution in [-0.2, 0) is 26.2 Å². The van der Waals surface area contributed by atoms with Gasteiger partial charge in [-0.3, -0.25) is 13.9 Å². The fourth-order valence-electron chi connectivity index (χ4n) is 4.32. The lowest BCUT2D eigenvalue weighted by Crippen LogP contribution is -2.51. The molecule has 9 heteroatoms. The van der Waals surface area contributed by atoms with E-state index in [0.29, 0.717) is 18.0 Å². The van der Waals surface area contributed by atoms with E-state index in [-0.39, 0.29) is 23.3 Å². The number of unbranched alkanes of at least 4 members (excludes halogenated alkanes) is 1. The summed E-state index contributed by atoms with van der Waals surface area (Å²) < 4.78 is 34.1. The molecule has 0 saturated heterocycles. The third-order valence-electron chi connectivity index (χ3n) is 6.97. The predicted molar refractivity (Wildman–Crippen MR) is 162 cm³/mol. The topological polar surface area (TPSA) is 96.0 Å². The highest BCUT2D eigenvalue weighted by Gasteiger charge is 2.32. The second-order valence-corrected chi connectivity index (χ2v) is 12.1. The number of benzene rings is 3. The van der Waals surface area contributed by atoms with Crippen molar-refractivity contribution < 1.29 is 22.7 Å². The second-order valence-electron chi connectivity index (χ2n) is 10.3. The van der Waals surface area contributed by atoms with Crippen LogP contribution in [0.15, 0.2) is 83.8 Å². The summed E-state index contributed by atoms with van der Waals surface area (Å²) in [5.74, 6) is 0.143. The Labute approximate surface area is 244 Å². The molecule has 0 aliphatic carbocycles. The van der Waals surface area contributed by atoms with Crippen LogP contribution in [-0.4, -0.2) is 51.4 Å². The maximum absolute atomic E-state index is 14.0. The second kappa shape index (κ2) is 14.7.